The van der Waals surface area contributed by atoms with Gasteiger partial charge in [0, 0.05) is 13.1 Å². The predicted molar refractivity (Wildman–Crippen MR) is 78.5 cm³/mol. The number of aromatic nitrogens is 1. The molecular weight excluding hydrogens is 256 g/mol. The highest BCUT2D eigenvalue weighted by atomic mass is 16.6. The number of pyridine rings is 1. The Morgan fingerprint density at radius 3 is 2.60 bits per heavy atom. The Balaban J connectivity index is 2.29. The van der Waals surface area contributed by atoms with Gasteiger partial charge in [-0.3, -0.25) is 10.1 Å². The van der Waals surface area contributed by atoms with Gasteiger partial charge >= 0.3 is 0 Å². The van der Waals surface area contributed by atoms with Gasteiger partial charge in [-0.1, -0.05) is 30.3 Å². The fraction of sp³-hybridized carbons (Fsp3) is 0.214. The lowest BCUT2D eigenvalue weighted by molar-refractivity contribution is -0.384. The van der Waals surface area contributed by atoms with E-state index in [9.17, 15) is 10.1 Å². The molecule has 20 heavy (non-hydrogen) atoms. The molecule has 0 atom stereocenters. The van der Waals surface area contributed by atoms with Crippen LogP contribution in [0.1, 0.15) is 12.5 Å². The van der Waals surface area contributed by atoms with Gasteiger partial charge in [-0.05, 0) is 12.5 Å². The van der Waals surface area contributed by atoms with Gasteiger partial charge in [-0.25, -0.2) is 4.98 Å². The van der Waals surface area contributed by atoms with Crippen LogP contribution < -0.4 is 10.6 Å². The van der Waals surface area contributed by atoms with E-state index in [2.05, 4.69) is 4.98 Å². The average molecular weight is 272 g/mol. The zero-order valence-electron chi connectivity index (χ0n) is 11.2. The lowest BCUT2D eigenvalue weighted by Gasteiger charge is -2.22. The fourth-order valence-corrected chi connectivity index (χ4v) is 1.95. The number of nitrogens with two attached hydrogens (primary N) is 1. The summed E-state index contributed by atoms with van der Waals surface area (Å²) in [6, 6.07) is 12.6. The number of nitrogens with zero attached hydrogens (tertiary/aromatic N) is 3. The van der Waals surface area contributed by atoms with Crippen LogP contribution in [0.5, 0.6) is 0 Å². The molecule has 1 aromatic heterocycles. The van der Waals surface area contributed by atoms with Gasteiger partial charge in [0.2, 0.25) is 0 Å². The molecule has 0 radical (unpaired) electrons. The molecule has 0 saturated heterocycles. The van der Waals surface area contributed by atoms with Crippen molar-refractivity contribution in [3.63, 3.8) is 0 Å². The minimum absolute atomic E-state index is 0.0426. The van der Waals surface area contributed by atoms with Crippen LogP contribution in [-0.4, -0.2) is 16.5 Å². The first-order valence-electron chi connectivity index (χ1n) is 6.31. The van der Waals surface area contributed by atoms with Crippen molar-refractivity contribution in [3.05, 3.63) is 58.1 Å². The molecular formula is C14H16N4O2. The summed E-state index contributed by atoms with van der Waals surface area (Å²) in [5, 5.41) is 10.9. The third-order valence-electron chi connectivity index (χ3n) is 2.95. The fourth-order valence-electron chi connectivity index (χ4n) is 1.95. The molecule has 104 valence electrons. The maximum Gasteiger partial charge on any atom is 0.276 e. The first-order valence-corrected chi connectivity index (χ1v) is 6.31. The number of anilines is 2. The summed E-state index contributed by atoms with van der Waals surface area (Å²) in [6.07, 6.45) is 0. The minimum atomic E-state index is -0.460. The molecule has 0 saturated carbocycles. The van der Waals surface area contributed by atoms with E-state index in [-0.39, 0.29) is 11.5 Å². The topological polar surface area (TPSA) is 85.3 Å². The second-order valence-electron chi connectivity index (χ2n) is 4.37. The standard InChI is InChI=1S/C14H16N4O2/c1-2-17(10-11-6-4-3-5-7-11)14-9-12(18(19)20)8-13(15)16-14/h3-9H,2,10H2,1H3,(H2,15,16). The zero-order chi connectivity index (χ0) is 14.5. The minimum Gasteiger partial charge on any atom is -0.383 e. The summed E-state index contributed by atoms with van der Waals surface area (Å²) in [4.78, 5) is 16.5. The molecule has 6 heteroatoms. The van der Waals surface area contributed by atoms with E-state index in [4.69, 9.17) is 5.73 Å². The van der Waals surface area contributed by atoms with Gasteiger partial charge in [0.25, 0.3) is 5.69 Å². The van der Waals surface area contributed by atoms with Crippen LogP contribution in [0.4, 0.5) is 17.3 Å². The van der Waals surface area contributed by atoms with E-state index < -0.39 is 4.92 Å². The average Bonchev–Trinajstić information content (AvgIpc) is 2.45. The van der Waals surface area contributed by atoms with E-state index >= 15 is 0 Å². The zero-order valence-corrected chi connectivity index (χ0v) is 11.2. The predicted octanol–water partition coefficient (Wildman–Crippen LogP) is 2.60. The molecule has 0 aliphatic carbocycles. The summed E-state index contributed by atoms with van der Waals surface area (Å²) in [7, 11) is 0. The molecule has 0 spiro atoms. The lowest BCUT2D eigenvalue weighted by Crippen LogP contribution is -2.23. The van der Waals surface area contributed by atoms with Crippen molar-refractivity contribution < 1.29 is 4.92 Å². The summed E-state index contributed by atoms with van der Waals surface area (Å²) >= 11 is 0. The smallest absolute Gasteiger partial charge is 0.276 e. The highest BCUT2D eigenvalue weighted by Crippen LogP contribution is 2.23. The molecule has 1 heterocycles. The van der Waals surface area contributed by atoms with Crippen LogP contribution in [0.25, 0.3) is 0 Å². The second-order valence-corrected chi connectivity index (χ2v) is 4.37. The second kappa shape index (κ2) is 6.01. The Hall–Kier alpha value is -2.63. The van der Waals surface area contributed by atoms with Crippen molar-refractivity contribution in [2.24, 2.45) is 0 Å². The summed E-state index contributed by atoms with van der Waals surface area (Å²) < 4.78 is 0. The Bertz CT molecular complexity index is 601. The quantitative estimate of drug-likeness (QED) is 0.668. The molecule has 0 aliphatic heterocycles. The van der Waals surface area contributed by atoms with E-state index in [1.807, 2.05) is 42.2 Å². The summed E-state index contributed by atoms with van der Waals surface area (Å²) in [5.41, 5.74) is 6.71. The van der Waals surface area contributed by atoms with Gasteiger partial charge in [-0.15, -0.1) is 0 Å². The molecule has 2 N–H and O–H groups in total. The van der Waals surface area contributed by atoms with Crippen molar-refractivity contribution in [2.45, 2.75) is 13.5 Å². The van der Waals surface area contributed by atoms with Crippen LogP contribution in [0.2, 0.25) is 0 Å². The van der Waals surface area contributed by atoms with E-state index in [1.165, 1.54) is 12.1 Å². The third kappa shape index (κ3) is 3.23. The van der Waals surface area contributed by atoms with Crippen LogP contribution in [0.15, 0.2) is 42.5 Å². The summed E-state index contributed by atoms with van der Waals surface area (Å²) in [5.74, 6) is 0.670. The van der Waals surface area contributed by atoms with Crippen molar-refractivity contribution >= 4 is 17.3 Å². The van der Waals surface area contributed by atoms with Crippen molar-refractivity contribution in [3.8, 4) is 0 Å². The molecule has 0 amide bonds. The molecule has 0 fully saturated rings. The first kappa shape index (κ1) is 13.8. The van der Waals surface area contributed by atoms with E-state index in [0.717, 1.165) is 5.56 Å². The monoisotopic (exact) mass is 272 g/mol. The molecule has 0 bridgehead atoms. The number of benzene rings is 1. The molecule has 0 unspecified atom stereocenters. The number of nitrogen functional groups attached to an aromatic ring is 1. The van der Waals surface area contributed by atoms with Crippen molar-refractivity contribution in [2.75, 3.05) is 17.2 Å². The van der Waals surface area contributed by atoms with Gasteiger partial charge in [-0.2, -0.15) is 0 Å². The molecule has 2 rings (SSSR count). The Kier molecular flexibility index (Phi) is 4.14. The van der Waals surface area contributed by atoms with Crippen LogP contribution >= 0.6 is 0 Å². The number of hydrogen-bond acceptors (Lipinski definition) is 5. The van der Waals surface area contributed by atoms with Gasteiger partial charge in [0.15, 0.2) is 0 Å². The lowest BCUT2D eigenvalue weighted by atomic mass is 10.2. The maximum absolute atomic E-state index is 10.9. The molecule has 0 aliphatic rings. The maximum atomic E-state index is 10.9. The Morgan fingerprint density at radius 2 is 2.00 bits per heavy atom. The van der Waals surface area contributed by atoms with E-state index in [0.29, 0.717) is 18.9 Å². The van der Waals surface area contributed by atoms with Gasteiger partial charge in [0.1, 0.15) is 11.6 Å². The van der Waals surface area contributed by atoms with Crippen molar-refractivity contribution in [1.29, 1.82) is 0 Å². The van der Waals surface area contributed by atoms with E-state index in [1.54, 1.807) is 0 Å². The highest BCUT2D eigenvalue weighted by Gasteiger charge is 2.14. The van der Waals surface area contributed by atoms with Crippen LogP contribution in [0, 0.1) is 10.1 Å². The molecule has 6 nitrogen and oxygen atoms in total. The number of nitro groups is 1. The molecule has 1 aromatic carbocycles. The normalized spacial score (nSPS) is 10.2. The van der Waals surface area contributed by atoms with Crippen LogP contribution in [0.3, 0.4) is 0 Å². The Labute approximate surface area is 117 Å². The number of rotatable bonds is 5. The van der Waals surface area contributed by atoms with Crippen molar-refractivity contribution in [1.82, 2.24) is 4.98 Å². The summed E-state index contributed by atoms with van der Waals surface area (Å²) in [6.45, 7) is 3.28. The highest BCUT2D eigenvalue weighted by molar-refractivity contribution is 5.54. The third-order valence-corrected chi connectivity index (χ3v) is 2.95. The van der Waals surface area contributed by atoms with Gasteiger partial charge in [0.05, 0.1) is 17.1 Å². The Morgan fingerprint density at radius 1 is 1.30 bits per heavy atom. The largest absolute Gasteiger partial charge is 0.383 e. The first-order chi connectivity index (χ1) is 9.60. The SMILES string of the molecule is CCN(Cc1ccccc1)c1cc([N+](=O)[O-])cc(N)n1. The molecule has 2 aromatic rings. The van der Waals surface area contributed by atoms with Crippen LogP contribution in [-0.2, 0) is 6.54 Å². The number of hydrogen-bond donors (Lipinski definition) is 1. The van der Waals surface area contributed by atoms with Gasteiger partial charge < -0.3 is 10.6 Å².